The smallest absolute Gasteiger partial charge is 0.262 e. The number of benzene rings is 3. The molecule has 0 atom stereocenters. The van der Waals surface area contributed by atoms with E-state index in [-0.39, 0.29) is 18.6 Å². The van der Waals surface area contributed by atoms with Crippen molar-refractivity contribution in [2.24, 2.45) is 0 Å². The first-order valence-corrected chi connectivity index (χ1v) is 11.0. The van der Waals surface area contributed by atoms with Crippen molar-refractivity contribution in [2.75, 3.05) is 12.1 Å². The predicted molar refractivity (Wildman–Crippen MR) is 124 cm³/mol. The zero-order chi connectivity index (χ0) is 22.1. The molecule has 7 heteroatoms. The molecule has 0 aromatic heterocycles. The summed E-state index contributed by atoms with van der Waals surface area (Å²) in [6.07, 6.45) is 1.88. The van der Waals surface area contributed by atoms with E-state index >= 15 is 0 Å². The maximum atomic E-state index is 12.7. The van der Waals surface area contributed by atoms with E-state index in [0.717, 1.165) is 21.6 Å². The van der Waals surface area contributed by atoms with E-state index in [9.17, 15) is 9.59 Å². The molecule has 0 saturated carbocycles. The molecule has 0 fully saturated rings. The van der Waals surface area contributed by atoms with Gasteiger partial charge in [-0.3, -0.25) is 9.59 Å². The first-order chi connectivity index (χ1) is 15.5. The standard InChI is InChI=1S/C25H20N2O4S/c1-15-3-2-4-16(9-15)11-23-25(29)27-19-12-18(6-8-22(19)32-23)24(28)26-13-17-5-7-20-21(10-17)31-14-30-20/h2-12H,13-14H2,1H3,(H,26,28)(H,27,29)/b23-11+. The zero-order valence-corrected chi connectivity index (χ0v) is 18.1. The fraction of sp³-hybridized carbons (Fsp3) is 0.120. The van der Waals surface area contributed by atoms with Gasteiger partial charge in [-0.05, 0) is 54.5 Å². The summed E-state index contributed by atoms with van der Waals surface area (Å²) in [6.45, 7) is 2.59. The van der Waals surface area contributed by atoms with Gasteiger partial charge in [0.2, 0.25) is 6.79 Å². The van der Waals surface area contributed by atoms with Crippen LogP contribution in [-0.4, -0.2) is 18.6 Å². The number of carbonyl (C=O) groups excluding carboxylic acids is 2. The Kier molecular flexibility index (Phi) is 5.33. The van der Waals surface area contributed by atoms with Crippen molar-refractivity contribution in [3.63, 3.8) is 0 Å². The topological polar surface area (TPSA) is 76.7 Å². The van der Waals surface area contributed by atoms with Gasteiger partial charge in [-0.25, -0.2) is 0 Å². The molecule has 32 heavy (non-hydrogen) atoms. The lowest BCUT2D eigenvalue weighted by atomic mass is 10.1. The summed E-state index contributed by atoms with van der Waals surface area (Å²) in [6, 6.07) is 18.9. The summed E-state index contributed by atoms with van der Waals surface area (Å²) in [5.41, 5.74) is 4.15. The molecule has 2 amide bonds. The number of ether oxygens (including phenoxy) is 2. The van der Waals surface area contributed by atoms with Gasteiger partial charge in [-0.1, -0.05) is 47.7 Å². The van der Waals surface area contributed by atoms with Crippen LogP contribution in [0.2, 0.25) is 0 Å². The second kappa shape index (κ2) is 8.43. The summed E-state index contributed by atoms with van der Waals surface area (Å²) in [4.78, 5) is 26.8. The van der Waals surface area contributed by atoms with E-state index < -0.39 is 0 Å². The van der Waals surface area contributed by atoms with Crippen molar-refractivity contribution >= 4 is 35.3 Å². The number of carbonyl (C=O) groups is 2. The monoisotopic (exact) mass is 444 g/mol. The zero-order valence-electron chi connectivity index (χ0n) is 17.3. The van der Waals surface area contributed by atoms with Crippen LogP contribution in [-0.2, 0) is 11.3 Å². The lowest BCUT2D eigenvalue weighted by Gasteiger charge is -2.19. The number of rotatable bonds is 4. The maximum absolute atomic E-state index is 12.7. The van der Waals surface area contributed by atoms with Gasteiger partial charge >= 0.3 is 0 Å². The Morgan fingerprint density at radius 2 is 1.97 bits per heavy atom. The average Bonchev–Trinajstić information content (AvgIpc) is 3.25. The Labute approximate surface area is 189 Å². The molecule has 2 aliphatic rings. The van der Waals surface area contributed by atoms with Crippen molar-refractivity contribution in [3.05, 3.63) is 87.8 Å². The quantitative estimate of drug-likeness (QED) is 0.569. The minimum Gasteiger partial charge on any atom is -0.454 e. The highest BCUT2D eigenvalue weighted by Gasteiger charge is 2.22. The summed E-state index contributed by atoms with van der Waals surface area (Å²) in [5.74, 6) is 0.992. The van der Waals surface area contributed by atoms with E-state index in [1.165, 1.54) is 11.8 Å². The Balaban J connectivity index is 1.28. The highest BCUT2D eigenvalue weighted by atomic mass is 32.2. The van der Waals surface area contributed by atoms with Crippen molar-refractivity contribution in [1.82, 2.24) is 5.32 Å². The predicted octanol–water partition coefficient (Wildman–Crippen LogP) is 4.74. The molecule has 0 unspecified atom stereocenters. The van der Waals surface area contributed by atoms with E-state index in [2.05, 4.69) is 10.6 Å². The second-order valence-electron chi connectivity index (χ2n) is 7.56. The Morgan fingerprint density at radius 3 is 2.84 bits per heavy atom. The van der Waals surface area contributed by atoms with Gasteiger partial charge in [0.1, 0.15) is 0 Å². The van der Waals surface area contributed by atoms with Crippen LogP contribution in [0, 0.1) is 6.92 Å². The van der Waals surface area contributed by atoms with Crippen molar-refractivity contribution in [3.8, 4) is 11.5 Å². The summed E-state index contributed by atoms with van der Waals surface area (Å²) in [5, 5.41) is 5.81. The first kappa shape index (κ1) is 20.2. The molecule has 0 spiro atoms. The van der Waals surface area contributed by atoms with Crippen LogP contribution >= 0.6 is 11.8 Å². The van der Waals surface area contributed by atoms with Crippen LogP contribution < -0.4 is 20.1 Å². The molecule has 2 aliphatic heterocycles. The minimum absolute atomic E-state index is 0.179. The SMILES string of the molecule is Cc1cccc(/C=C2/Sc3ccc(C(=O)NCc4ccc5c(c4)OCO5)cc3NC2=O)c1. The van der Waals surface area contributed by atoms with Crippen LogP contribution in [0.4, 0.5) is 5.69 Å². The average molecular weight is 445 g/mol. The molecule has 3 aromatic rings. The van der Waals surface area contributed by atoms with Crippen LogP contribution in [0.25, 0.3) is 6.08 Å². The number of thioether (sulfide) groups is 1. The maximum Gasteiger partial charge on any atom is 0.262 e. The fourth-order valence-corrected chi connectivity index (χ4v) is 4.48. The minimum atomic E-state index is -0.217. The van der Waals surface area contributed by atoms with Gasteiger partial charge in [0.15, 0.2) is 11.5 Å². The summed E-state index contributed by atoms with van der Waals surface area (Å²) >= 11 is 1.40. The van der Waals surface area contributed by atoms with E-state index in [0.29, 0.717) is 34.2 Å². The van der Waals surface area contributed by atoms with E-state index in [1.807, 2.05) is 61.5 Å². The molecule has 6 nitrogen and oxygen atoms in total. The van der Waals surface area contributed by atoms with Gasteiger partial charge in [0.05, 0.1) is 10.6 Å². The number of fused-ring (bicyclic) bond motifs is 2. The number of hydrogen-bond donors (Lipinski definition) is 2. The normalized spacial score (nSPS) is 15.3. The van der Waals surface area contributed by atoms with Gasteiger partial charge < -0.3 is 20.1 Å². The highest BCUT2D eigenvalue weighted by Crippen LogP contribution is 2.39. The van der Waals surface area contributed by atoms with Crippen LogP contribution in [0.15, 0.2) is 70.5 Å². The molecule has 2 heterocycles. The van der Waals surface area contributed by atoms with Crippen LogP contribution in [0.5, 0.6) is 11.5 Å². The number of hydrogen-bond acceptors (Lipinski definition) is 5. The lowest BCUT2D eigenvalue weighted by Crippen LogP contribution is -2.23. The van der Waals surface area contributed by atoms with Gasteiger partial charge in [0.25, 0.3) is 11.8 Å². The van der Waals surface area contributed by atoms with Crippen molar-refractivity contribution < 1.29 is 19.1 Å². The number of nitrogens with one attached hydrogen (secondary N) is 2. The first-order valence-electron chi connectivity index (χ1n) is 10.1. The molecule has 5 rings (SSSR count). The van der Waals surface area contributed by atoms with Gasteiger partial charge in [-0.15, -0.1) is 0 Å². The van der Waals surface area contributed by atoms with Gasteiger partial charge in [0, 0.05) is 17.0 Å². The molecule has 0 saturated heterocycles. The molecule has 0 radical (unpaired) electrons. The van der Waals surface area contributed by atoms with Crippen LogP contribution in [0.3, 0.4) is 0 Å². The Hall–Kier alpha value is -3.71. The van der Waals surface area contributed by atoms with Crippen LogP contribution in [0.1, 0.15) is 27.0 Å². The molecule has 0 aliphatic carbocycles. The molecular formula is C25H20N2O4S. The third-order valence-corrected chi connectivity index (χ3v) is 6.26. The number of amides is 2. The summed E-state index contributed by atoms with van der Waals surface area (Å²) < 4.78 is 10.7. The third-order valence-electron chi connectivity index (χ3n) is 5.16. The van der Waals surface area contributed by atoms with Gasteiger partial charge in [-0.2, -0.15) is 0 Å². The van der Waals surface area contributed by atoms with Crippen molar-refractivity contribution in [1.29, 1.82) is 0 Å². The highest BCUT2D eigenvalue weighted by molar-refractivity contribution is 8.04. The molecule has 0 bridgehead atoms. The number of aryl methyl sites for hydroxylation is 1. The van der Waals surface area contributed by atoms with Crippen molar-refractivity contribution in [2.45, 2.75) is 18.4 Å². The molecule has 3 aromatic carbocycles. The largest absolute Gasteiger partial charge is 0.454 e. The Morgan fingerprint density at radius 1 is 1.09 bits per heavy atom. The molecule has 2 N–H and O–H groups in total. The Bertz CT molecular complexity index is 1270. The summed E-state index contributed by atoms with van der Waals surface area (Å²) in [7, 11) is 0. The molecular weight excluding hydrogens is 424 g/mol. The molecule has 160 valence electrons. The van der Waals surface area contributed by atoms with E-state index in [4.69, 9.17) is 9.47 Å². The third kappa shape index (κ3) is 4.20. The van der Waals surface area contributed by atoms with E-state index in [1.54, 1.807) is 12.1 Å². The number of anilines is 1. The fourth-order valence-electron chi connectivity index (χ4n) is 3.55. The second-order valence-corrected chi connectivity index (χ2v) is 8.64. The lowest BCUT2D eigenvalue weighted by molar-refractivity contribution is -0.112.